The van der Waals surface area contributed by atoms with Gasteiger partial charge in [-0.2, -0.15) is 0 Å². The number of rotatable bonds is 10. The Morgan fingerprint density at radius 2 is 1.86 bits per heavy atom. The van der Waals surface area contributed by atoms with Crippen molar-refractivity contribution in [2.45, 2.75) is 25.7 Å². The van der Waals surface area contributed by atoms with Crippen molar-refractivity contribution in [3.63, 3.8) is 0 Å². The van der Waals surface area contributed by atoms with Gasteiger partial charge in [-0.1, -0.05) is 18.2 Å². The maximum Gasteiger partial charge on any atom is 0.344 e. The first-order chi connectivity index (χ1) is 13.4. The smallest absolute Gasteiger partial charge is 0.344 e. The molecule has 0 bridgehead atoms. The molecule has 0 fully saturated rings. The fourth-order valence-electron chi connectivity index (χ4n) is 2.33. The molecule has 0 aliphatic rings. The van der Waals surface area contributed by atoms with E-state index in [9.17, 15) is 4.79 Å². The second-order valence-electron chi connectivity index (χ2n) is 6.26. The molecule has 2 rings (SSSR count). The normalized spacial score (nSPS) is 10.4. The van der Waals surface area contributed by atoms with E-state index in [1.807, 2.05) is 50.2 Å². The van der Waals surface area contributed by atoms with E-state index in [4.69, 9.17) is 25.8 Å². The molecule has 0 unspecified atom stereocenters. The van der Waals surface area contributed by atoms with Gasteiger partial charge in [0.05, 0.1) is 6.61 Å². The van der Waals surface area contributed by atoms with E-state index in [0.29, 0.717) is 19.0 Å². The lowest BCUT2D eigenvalue weighted by Gasteiger charge is -2.12. The third kappa shape index (κ3) is 7.13. The third-order valence-corrected chi connectivity index (χ3v) is 5.38. The SMILES string of the molecule is C=C(COc1ccc(Cl)c(C)c1)CSc1ccc(OCC(=O)OCC)c(C)c1. The van der Waals surface area contributed by atoms with Crippen LogP contribution in [0.3, 0.4) is 0 Å². The lowest BCUT2D eigenvalue weighted by Crippen LogP contribution is -2.14. The first-order valence-electron chi connectivity index (χ1n) is 8.96. The van der Waals surface area contributed by atoms with E-state index in [1.54, 1.807) is 18.7 Å². The molecule has 0 aliphatic heterocycles. The summed E-state index contributed by atoms with van der Waals surface area (Å²) in [6.45, 7) is 10.5. The van der Waals surface area contributed by atoms with Crippen molar-refractivity contribution in [3.8, 4) is 11.5 Å². The van der Waals surface area contributed by atoms with Gasteiger partial charge in [0, 0.05) is 15.7 Å². The average molecular weight is 421 g/mol. The highest BCUT2D eigenvalue weighted by Crippen LogP contribution is 2.27. The van der Waals surface area contributed by atoms with Gasteiger partial charge in [0.2, 0.25) is 0 Å². The lowest BCUT2D eigenvalue weighted by molar-refractivity contribution is -0.145. The summed E-state index contributed by atoms with van der Waals surface area (Å²) >= 11 is 7.70. The van der Waals surface area contributed by atoms with Crippen molar-refractivity contribution in [3.05, 3.63) is 64.7 Å². The van der Waals surface area contributed by atoms with E-state index in [2.05, 4.69) is 6.58 Å². The van der Waals surface area contributed by atoms with Gasteiger partial charge in [0.25, 0.3) is 0 Å². The van der Waals surface area contributed by atoms with Gasteiger partial charge >= 0.3 is 5.97 Å². The van der Waals surface area contributed by atoms with Gasteiger partial charge in [0.1, 0.15) is 18.1 Å². The quantitative estimate of drug-likeness (QED) is 0.283. The van der Waals surface area contributed by atoms with Crippen LogP contribution in [0.1, 0.15) is 18.1 Å². The summed E-state index contributed by atoms with van der Waals surface area (Å²) in [5.41, 5.74) is 2.94. The fourth-order valence-corrected chi connectivity index (χ4v) is 3.33. The van der Waals surface area contributed by atoms with Gasteiger partial charge in [-0.3, -0.25) is 0 Å². The summed E-state index contributed by atoms with van der Waals surface area (Å²) in [6, 6.07) is 11.5. The first-order valence-corrected chi connectivity index (χ1v) is 10.3. The number of aryl methyl sites for hydroxylation is 2. The van der Waals surface area contributed by atoms with Gasteiger partial charge < -0.3 is 14.2 Å². The highest BCUT2D eigenvalue weighted by molar-refractivity contribution is 7.99. The van der Waals surface area contributed by atoms with Crippen LogP contribution in [0.2, 0.25) is 5.02 Å². The molecule has 0 heterocycles. The van der Waals surface area contributed by atoms with Crippen molar-refractivity contribution in [2.75, 3.05) is 25.6 Å². The Kier molecular flexibility index (Phi) is 8.74. The molecule has 6 heteroatoms. The highest BCUT2D eigenvalue weighted by Gasteiger charge is 2.07. The van der Waals surface area contributed by atoms with Crippen LogP contribution in [0.15, 0.2) is 53.4 Å². The van der Waals surface area contributed by atoms with Crippen LogP contribution in [-0.4, -0.2) is 31.5 Å². The molecule has 0 radical (unpaired) electrons. The number of esters is 1. The minimum Gasteiger partial charge on any atom is -0.489 e. The monoisotopic (exact) mass is 420 g/mol. The molecule has 4 nitrogen and oxygen atoms in total. The Balaban J connectivity index is 1.79. The topological polar surface area (TPSA) is 44.8 Å². The molecule has 0 N–H and O–H groups in total. The minimum atomic E-state index is -0.368. The number of ether oxygens (including phenoxy) is 3. The molecule has 2 aromatic rings. The molecule has 0 saturated heterocycles. The molecular weight excluding hydrogens is 396 g/mol. The van der Waals surface area contributed by atoms with Crippen molar-refractivity contribution < 1.29 is 19.0 Å². The van der Waals surface area contributed by atoms with Crippen LogP contribution >= 0.6 is 23.4 Å². The number of thioether (sulfide) groups is 1. The summed E-state index contributed by atoms with van der Waals surface area (Å²) in [4.78, 5) is 12.5. The van der Waals surface area contributed by atoms with E-state index in [-0.39, 0.29) is 12.6 Å². The van der Waals surface area contributed by atoms with Crippen LogP contribution in [-0.2, 0) is 9.53 Å². The molecule has 0 atom stereocenters. The number of hydrogen-bond donors (Lipinski definition) is 0. The predicted molar refractivity (Wildman–Crippen MR) is 115 cm³/mol. The average Bonchev–Trinajstić information content (AvgIpc) is 2.66. The number of hydrogen-bond acceptors (Lipinski definition) is 5. The first kappa shape index (κ1) is 22.2. The van der Waals surface area contributed by atoms with Crippen molar-refractivity contribution in [2.24, 2.45) is 0 Å². The highest BCUT2D eigenvalue weighted by atomic mass is 35.5. The zero-order valence-electron chi connectivity index (χ0n) is 16.4. The summed E-state index contributed by atoms with van der Waals surface area (Å²) in [6.07, 6.45) is 0. The van der Waals surface area contributed by atoms with E-state index < -0.39 is 0 Å². The minimum absolute atomic E-state index is 0.0838. The van der Waals surface area contributed by atoms with Gasteiger partial charge in [-0.05, 0) is 73.9 Å². The van der Waals surface area contributed by atoms with Crippen LogP contribution in [0.25, 0.3) is 0 Å². The standard InChI is InChI=1S/C22H25ClO4S/c1-5-25-22(24)13-27-21-9-7-19(11-17(21)4)28-14-15(2)12-26-18-6-8-20(23)16(3)10-18/h6-11H,2,5,12-14H2,1,3-4H3. The Labute approximate surface area is 175 Å². The van der Waals surface area contributed by atoms with Gasteiger partial charge in [0.15, 0.2) is 6.61 Å². The molecule has 0 saturated carbocycles. The molecule has 2 aromatic carbocycles. The van der Waals surface area contributed by atoms with Gasteiger partial charge in [-0.25, -0.2) is 4.79 Å². The van der Waals surface area contributed by atoms with E-state index in [1.165, 1.54) is 0 Å². The second-order valence-corrected chi connectivity index (χ2v) is 7.72. The predicted octanol–water partition coefficient (Wildman–Crippen LogP) is 5.63. The number of halogens is 1. The second kappa shape index (κ2) is 11.0. The zero-order chi connectivity index (χ0) is 20.5. The molecule has 28 heavy (non-hydrogen) atoms. The molecule has 0 aromatic heterocycles. The lowest BCUT2D eigenvalue weighted by atomic mass is 10.2. The Morgan fingerprint density at radius 3 is 2.54 bits per heavy atom. The van der Waals surface area contributed by atoms with Crippen LogP contribution in [0, 0.1) is 13.8 Å². The van der Waals surface area contributed by atoms with Crippen molar-refractivity contribution in [1.82, 2.24) is 0 Å². The van der Waals surface area contributed by atoms with Crippen LogP contribution in [0.5, 0.6) is 11.5 Å². The zero-order valence-corrected chi connectivity index (χ0v) is 18.0. The molecular formula is C22H25ClO4S. The third-order valence-electron chi connectivity index (χ3n) is 3.81. The maximum atomic E-state index is 11.4. The Bertz CT molecular complexity index is 835. The largest absolute Gasteiger partial charge is 0.489 e. The van der Waals surface area contributed by atoms with Gasteiger partial charge in [-0.15, -0.1) is 11.8 Å². The molecule has 0 aliphatic carbocycles. The van der Waals surface area contributed by atoms with Crippen molar-refractivity contribution in [1.29, 1.82) is 0 Å². The van der Waals surface area contributed by atoms with Crippen LogP contribution < -0.4 is 9.47 Å². The summed E-state index contributed by atoms with van der Waals surface area (Å²) in [5.74, 6) is 1.84. The molecule has 0 spiro atoms. The van der Waals surface area contributed by atoms with Crippen molar-refractivity contribution >= 4 is 29.3 Å². The Hall–Kier alpha value is -2.11. The summed E-state index contributed by atoms with van der Waals surface area (Å²) in [5, 5.41) is 0.729. The van der Waals surface area contributed by atoms with E-state index in [0.717, 1.165) is 38.1 Å². The fraction of sp³-hybridized carbons (Fsp3) is 0.318. The molecule has 0 amide bonds. The number of benzene rings is 2. The number of carbonyl (C=O) groups is 1. The molecule has 150 valence electrons. The van der Waals surface area contributed by atoms with Crippen LogP contribution in [0.4, 0.5) is 0 Å². The van der Waals surface area contributed by atoms with E-state index >= 15 is 0 Å². The summed E-state index contributed by atoms with van der Waals surface area (Å²) in [7, 11) is 0. The summed E-state index contributed by atoms with van der Waals surface area (Å²) < 4.78 is 16.1. The maximum absolute atomic E-state index is 11.4. The number of carbonyl (C=O) groups excluding carboxylic acids is 1. The Morgan fingerprint density at radius 1 is 1.07 bits per heavy atom.